The molecule has 1 rings (SSSR count). The van der Waals surface area contributed by atoms with Gasteiger partial charge in [0.25, 0.3) is 10.1 Å². The molecule has 0 fully saturated rings. The summed E-state index contributed by atoms with van der Waals surface area (Å²) in [5.41, 5.74) is 0.800. The van der Waals surface area contributed by atoms with E-state index in [1.54, 1.807) is 12.1 Å². The zero-order chi connectivity index (χ0) is 18.1. The lowest BCUT2D eigenvalue weighted by molar-refractivity contribution is 0.0826. The van der Waals surface area contributed by atoms with Crippen molar-refractivity contribution in [2.24, 2.45) is 0 Å². The zero-order valence-electron chi connectivity index (χ0n) is 15.3. The predicted molar refractivity (Wildman–Crippen MR) is 96.9 cm³/mol. The van der Waals surface area contributed by atoms with Crippen LogP contribution in [0.1, 0.15) is 46.6 Å². The average Bonchev–Trinajstić information content (AvgIpc) is 2.33. The SMILES string of the molecule is CC(C)(CCc1ccc(S(=O)(=O)O)cc1)O[Si](C)(C)C(C)(C)C. The van der Waals surface area contributed by atoms with Gasteiger partial charge in [-0.15, -0.1) is 0 Å². The Morgan fingerprint density at radius 1 is 1.04 bits per heavy atom. The Morgan fingerprint density at radius 3 is 1.91 bits per heavy atom. The molecular formula is C17H30O4SSi. The first-order valence-corrected chi connectivity index (χ1v) is 12.3. The first-order valence-electron chi connectivity index (χ1n) is 7.91. The molecule has 1 aromatic carbocycles. The van der Waals surface area contributed by atoms with Gasteiger partial charge in [0.1, 0.15) is 0 Å². The molecule has 0 unspecified atom stereocenters. The Balaban J connectivity index is 2.73. The highest BCUT2D eigenvalue weighted by molar-refractivity contribution is 7.85. The highest BCUT2D eigenvalue weighted by Gasteiger charge is 2.41. The van der Waals surface area contributed by atoms with Crippen LogP contribution in [0, 0.1) is 0 Å². The molecule has 0 spiro atoms. The molecule has 23 heavy (non-hydrogen) atoms. The molecule has 0 aliphatic heterocycles. The topological polar surface area (TPSA) is 63.6 Å². The molecule has 4 nitrogen and oxygen atoms in total. The van der Waals surface area contributed by atoms with Gasteiger partial charge < -0.3 is 4.43 Å². The van der Waals surface area contributed by atoms with Crippen molar-refractivity contribution >= 4 is 18.4 Å². The maximum absolute atomic E-state index is 11.1. The van der Waals surface area contributed by atoms with Crippen LogP contribution in [0.4, 0.5) is 0 Å². The van der Waals surface area contributed by atoms with E-state index in [4.69, 9.17) is 8.98 Å². The van der Waals surface area contributed by atoms with Crippen LogP contribution in [0.2, 0.25) is 18.1 Å². The third kappa shape index (κ3) is 6.03. The third-order valence-electron chi connectivity index (χ3n) is 4.57. The third-order valence-corrected chi connectivity index (χ3v) is 10.1. The largest absolute Gasteiger partial charge is 0.412 e. The molecule has 0 aliphatic carbocycles. The lowest BCUT2D eigenvalue weighted by atomic mass is 9.99. The summed E-state index contributed by atoms with van der Waals surface area (Å²) in [5, 5.41) is 0.168. The molecule has 0 aliphatic rings. The van der Waals surface area contributed by atoms with Crippen LogP contribution >= 0.6 is 0 Å². The van der Waals surface area contributed by atoms with Crippen LogP contribution in [0.3, 0.4) is 0 Å². The molecule has 0 atom stereocenters. The molecular weight excluding hydrogens is 328 g/mol. The van der Waals surface area contributed by atoms with Crippen molar-refractivity contribution in [2.45, 2.75) is 76.1 Å². The van der Waals surface area contributed by atoms with E-state index in [1.165, 1.54) is 12.1 Å². The van der Waals surface area contributed by atoms with Gasteiger partial charge in [-0.2, -0.15) is 8.42 Å². The van der Waals surface area contributed by atoms with Gasteiger partial charge in [-0.25, -0.2) is 0 Å². The van der Waals surface area contributed by atoms with Crippen LogP contribution in [0.5, 0.6) is 0 Å². The van der Waals surface area contributed by atoms with Gasteiger partial charge in [0.15, 0.2) is 8.32 Å². The smallest absolute Gasteiger partial charge is 0.294 e. The molecule has 1 aromatic rings. The van der Waals surface area contributed by atoms with Crippen molar-refractivity contribution in [1.82, 2.24) is 0 Å². The van der Waals surface area contributed by atoms with Gasteiger partial charge in [0, 0.05) is 0 Å². The van der Waals surface area contributed by atoms with Crippen molar-refractivity contribution in [1.29, 1.82) is 0 Å². The number of benzene rings is 1. The summed E-state index contributed by atoms with van der Waals surface area (Å²) in [6, 6.07) is 6.36. The van der Waals surface area contributed by atoms with Gasteiger partial charge in [-0.05, 0) is 62.5 Å². The summed E-state index contributed by atoms with van der Waals surface area (Å²) >= 11 is 0. The van der Waals surface area contributed by atoms with Gasteiger partial charge in [0.2, 0.25) is 0 Å². The second-order valence-corrected chi connectivity index (χ2v) is 14.4. The molecule has 0 heterocycles. The minimum Gasteiger partial charge on any atom is -0.412 e. The molecule has 0 radical (unpaired) electrons. The Morgan fingerprint density at radius 2 is 1.52 bits per heavy atom. The van der Waals surface area contributed by atoms with Crippen molar-refractivity contribution in [2.75, 3.05) is 0 Å². The standard InChI is InChI=1S/C17H30O4SSi/c1-16(2,3)23(6,7)21-17(4,5)13-12-14-8-10-15(11-9-14)22(18,19)20/h8-11H,12-13H2,1-7H3,(H,18,19,20). The minimum absolute atomic E-state index is 0.0713. The van der Waals surface area contributed by atoms with Gasteiger partial charge in [-0.1, -0.05) is 32.9 Å². The Labute approximate surface area is 142 Å². The van der Waals surface area contributed by atoms with Crippen molar-refractivity contribution in [3.05, 3.63) is 29.8 Å². The molecule has 0 saturated carbocycles. The Hall–Kier alpha value is -0.693. The predicted octanol–water partition coefficient (Wildman–Crippen LogP) is 4.67. The van der Waals surface area contributed by atoms with E-state index in [0.29, 0.717) is 0 Å². The van der Waals surface area contributed by atoms with E-state index in [0.717, 1.165) is 18.4 Å². The van der Waals surface area contributed by atoms with Gasteiger partial charge in [-0.3, -0.25) is 4.55 Å². The Bertz CT molecular complexity index is 626. The molecule has 0 saturated heterocycles. The van der Waals surface area contributed by atoms with E-state index in [9.17, 15) is 8.42 Å². The van der Waals surface area contributed by atoms with Crippen molar-refractivity contribution < 1.29 is 17.4 Å². The average molecular weight is 359 g/mol. The second kappa shape index (κ2) is 6.67. The van der Waals surface area contributed by atoms with Crippen molar-refractivity contribution in [3.63, 3.8) is 0 Å². The highest BCUT2D eigenvalue weighted by atomic mass is 32.2. The highest BCUT2D eigenvalue weighted by Crippen LogP contribution is 2.39. The number of aryl methyl sites for hydroxylation is 1. The lowest BCUT2D eigenvalue weighted by Gasteiger charge is -2.43. The van der Waals surface area contributed by atoms with Crippen molar-refractivity contribution in [3.8, 4) is 0 Å². The Kier molecular flexibility index (Phi) is 5.90. The fraction of sp³-hybridized carbons (Fsp3) is 0.647. The minimum atomic E-state index is -4.12. The lowest BCUT2D eigenvalue weighted by Crippen LogP contribution is -2.47. The summed E-state index contributed by atoms with van der Waals surface area (Å²) in [6.07, 6.45) is 1.65. The first-order chi connectivity index (χ1) is 10.1. The molecule has 0 aromatic heterocycles. The van der Waals surface area contributed by atoms with E-state index in [2.05, 4.69) is 47.7 Å². The summed E-state index contributed by atoms with van der Waals surface area (Å²) in [4.78, 5) is -0.0713. The van der Waals surface area contributed by atoms with Crippen LogP contribution in [0.25, 0.3) is 0 Å². The molecule has 132 valence electrons. The number of rotatable bonds is 6. The number of hydrogen-bond acceptors (Lipinski definition) is 3. The van der Waals surface area contributed by atoms with E-state index >= 15 is 0 Å². The maximum Gasteiger partial charge on any atom is 0.294 e. The summed E-state index contributed by atoms with van der Waals surface area (Å²) in [5.74, 6) is 0. The summed E-state index contributed by atoms with van der Waals surface area (Å²) < 4.78 is 37.6. The fourth-order valence-corrected chi connectivity index (χ4v) is 4.44. The number of hydrogen-bond donors (Lipinski definition) is 1. The fourth-order valence-electron chi connectivity index (χ4n) is 2.17. The zero-order valence-corrected chi connectivity index (χ0v) is 17.1. The molecule has 0 bridgehead atoms. The quantitative estimate of drug-likeness (QED) is 0.593. The van der Waals surface area contributed by atoms with Crippen LogP contribution in [-0.4, -0.2) is 26.9 Å². The normalized spacial score (nSPS) is 14.1. The maximum atomic E-state index is 11.1. The van der Waals surface area contributed by atoms with E-state index in [1.807, 2.05) is 0 Å². The van der Waals surface area contributed by atoms with Crippen LogP contribution in [-0.2, 0) is 21.0 Å². The van der Waals surface area contributed by atoms with Gasteiger partial charge in [0.05, 0.1) is 10.5 Å². The van der Waals surface area contributed by atoms with E-state index < -0.39 is 18.4 Å². The van der Waals surface area contributed by atoms with E-state index in [-0.39, 0.29) is 15.5 Å². The molecule has 6 heteroatoms. The monoisotopic (exact) mass is 358 g/mol. The van der Waals surface area contributed by atoms with Crippen LogP contribution in [0.15, 0.2) is 29.2 Å². The summed E-state index contributed by atoms with van der Waals surface area (Å²) in [6.45, 7) is 15.4. The second-order valence-electron chi connectivity index (χ2n) is 8.24. The first kappa shape index (κ1) is 20.4. The molecule has 0 amide bonds. The summed E-state index contributed by atoms with van der Waals surface area (Å²) in [7, 11) is -5.95. The molecule has 1 N–H and O–H groups in total. The van der Waals surface area contributed by atoms with Gasteiger partial charge >= 0.3 is 0 Å². The van der Waals surface area contributed by atoms with Crippen LogP contribution < -0.4 is 0 Å².